The second-order valence-electron chi connectivity index (χ2n) is 4.76. The lowest BCUT2D eigenvalue weighted by Gasteiger charge is -2.02. The van der Waals surface area contributed by atoms with E-state index in [1.165, 1.54) is 6.20 Å². The average molecular weight is 302 g/mol. The lowest BCUT2D eigenvalue weighted by Crippen LogP contribution is -2.05. The van der Waals surface area contributed by atoms with Gasteiger partial charge in [-0.05, 0) is 29.9 Å². The number of anilines is 1. The Morgan fingerprint density at radius 3 is 2.86 bits per heavy atom. The summed E-state index contributed by atoms with van der Waals surface area (Å²) >= 11 is 0. The molecule has 0 aliphatic carbocycles. The molecule has 116 valence electrons. The van der Waals surface area contributed by atoms with Crippen molar-refractivity contribution in [2.45, 2.75) is 32.7 Å². The molecule has 2 N–H and O–H groups in total. The summed E-state index contributed by atoms with van der Waals surface area (Å²) in [4.78, 5) is 22.6. The number of hydrogen-bond acceptors (Lipinski definition) is 6. The van der Waals surface area contributed by atoms with Gasteiger partial charge in [0.1, 0.15) is 6.20 Å². The number of imidazole rings is 1. The fraction of sp³-hybridized carbons (Fsp3) is 0.357. The van der Waals surface area contributed by atoms with Gasteiger partial charge in [-0.2, -0.15) is 0 Å². The minimum atomic E-state index is -0.418. The molecule has 2 heterocycles. The standard InChI is InChI=1S/C14H18N6O2/c1-2-3-4-9-19-12(17-10-13(19)20(21)22)6-5-11-7-8-16-14(15)18-11/h5-8,10H,2-4,9H2,1H3,(H2,15,16,18)/b6-5+. The van der Waals surface area contributed by atoms with Crippen LogP contribution in [0.3, 0.4) is 0 Å². The molecule has 0 saturated heterocycles. The summed E-state index contributed by atoms with van der Waals surface area (Å²) in [5.74, 6) is 0.706. The van der Waals surface area contributed by atoms with Crippen molar-refractivity contribution in [2.24, 2.45) is 0 Å². The van der Waals surface area contributed by atoms with Crippen LogP contribution in [-0.2, 0) is 6.54 Å². The number of nitrogens with two attached hydrogens (primary N) is 1. The zero-order valence-electron chi connectivity index (χ0n) is 12.3. The third-order valence-electron chi connectivity index (χ3n) is 3.14. The van der Waals surface area contributed by atoms with Crippen molar-refractivity contribution in [3.63, 3.8) is 0 Å². The number of nitrogen functional groups attached to an aromatic ring is 1. The van der Waals surface area contributed by atoms with Crippen LogP contribution < -0.4 is 5.73 Å². The Balaban J connectivity index is 2.24. The fourth-order valence-corrected chi connectivity index (χ4v) is 2.05. The molecule has 8 nitrogen and oxygen atoms in total. The van der Waals surface area contributed by atoms with E-state index in [2.05, 4.69) is 21.9 Å². The van der Waals surface area contributed by atoms with E-state index in [4.69, 9.17) is 5.73 Å². The molecule has 0 amide bonds. The van der Waals surface area contributed by atoms with Crippen molar-refractivity contribution < 1.29 is 4.92 Å². The molecule has 2 aromatic rings. The number of nitro groups is 1. The normalized spacial score (nSPS) is 11.1. The SMILES string of the molecule is CCCCCn1c([N+](=O)[O-])cnc1/C=C/c1ccnc(N)n1. The maximum atomic E-state index is 11.1. The van der Waals surface area contributed by atoms with Gasteiger partial charge < -0.3 is 15.8 Å². The van der Waals surface area contributed by atoms with Gasteiger partial charge in [0.25, 0.3) is 0 Å². The van der Waals surface area contributed by atoms with Crippen molar-refractivity contribution in [1.82, 2.24) is 19.5 Å². The van der Waals surface area contributed by atoms with Gasteiger partial charge >= 0.3 is 5.82 Å². The van der Waals surface area contributed by atoms with Crippen LogP contribution >= 0.6 is 0 Å². The summed E-state index contributed by atoms with van der Waals surface area (Å²) in [6, 6.07) is 1.70. The molecule has 2 aromatic heterocycles. The number of aromatic nitrogens is 4. The predicted octanol–water partition coefficient (Wildman–Crippen LogP) is 2.52. The van der Waals surface area contributed by atoms with Crippen molar-refractivity contribution >= 4 is 23.9 Å². The van der Waals surface area contributed by atoms with E-state index >= 15 is 0 Å². The molecular weight excluding hydrogens is 284 g/mol. The topological polar surface area (TPSA) is 113 Å². The predicted molar refractivity (Wildman–Crippen MR) is 83.8 cm³/mol. The fourth-order valence-electron chi connectivity index (χ4n) is 2.05. The van der Waals surface area contributed by atoms with Gasteiger partial charge in [0.2, 0.25) is 11.8 Å². The number of hydrogen-bond donors (Lipinski definition) is 1. The molecular formula is C14H18N6O2. The Labute approximate surface area is 127 Å². The summed E-state index contributed by atoms with van der Waals surface area (Å²) < 4.78 is 1.61. The number of nitrogens with zero attached hydrogens (tertiary/aromatic N) is 5. The highest BCUT2D eigenvalue weighted by Gasteiger charge is 2.17. The first kappa shape index (κ1) is 15.6. The molecule has 0 atom stereocenters. The van der Waals surface area contributed by atoms with E-state index in [9.17, 15) is 10.1 Å². The molecule has 2 rings (SSSR count). The van der Waals surface area contributed by atoms with Crippen LogP contribution in [-0.4, -0.2) is 24.4 Å². The van der Waals surface area contributed by atoms with Crippen LogP contribution in [0.25, 0.3) is 12.2 Å². The molecule has 0 fully saturated rings. The van der Waals surface area contributed by atoms with E-state index < -0.39 is 4.92 Å². The largest absolute Gasteiger partial charge is 0.368 e. The number of rotatable bonds is 7. The quantitative estimate of drug-likeness (QED) is 0.477. The zero-order valence-corrected chi connectivity index (χ0v) is 12.3. The van der Waals surface area contributed by atoms with Crippen LogP contribution in [0.15, 0.2) is 18.5 Å². The first-order valence-corrected chi connectivity index (χ1v) is 7.08. The molecule has 0 saturated carbocycles. The Morgan fingerprint density at radius 1 is 1.36 bits per heavy atom. The van der Waals surface area contributed by atoms with Crippen LogP contribution in [0, 0.1) is 10.1 Å². The molecule has 8 heteroatoms. The second-order valence-corrected chi connectivity index (χ2v) is 4.76. The van der Waals surface area contributed by atoms with E-state index in [0.29, 0.717) is 18.1 Å². The molecule has 22 heavy (non-hydrogen) atoms. The first-order chi connectivity index (χ1) is 10.6. The molecule has 0 aliphatic heterocycles. The Hall–Kier alpha value is -2.77. The smallest absolute Gasteiger partial charge is 0.343 e. The Bertz CT molecular complexity index is 680. The van der Waals surface area contributed by atoms with Crippen LogP contribution in [0.1, 0.15) is 37.7 Å². The highest BCUT2D eigenvalue weighted by molar-refractivity contribution is 5.65. The minimum Gasteiger partial charge on any atom is -0.368 e. The van der Waals surface area contributed by atoms with Gasteiger partial charge in [-0.25, -0.2) is 19.5 Å². The molecule has 0 spiro atoms. The van der Waals surface area contributed by atoms with E-state index in [0.717, 1.165) is 19.3 Å². The first-order valence-electron chi connectivity index (χ1n) is 7.08. The molecule has 0 radical (unpaired) electrons. The third-order valence-corrected chi connectivity index (χ3v) is 3.14. The van der Waals surface area contributed by atoms with Crippen LogP contribution in [0.4, 0.5) is 11.8 Å². The average Bonchev–Trinajstić information content (AvgIpc) is 2.89. The van der Waals surface area contributed by atoms with Crippen molar-refractivity contribution in [1.29, 1.82) is 0 Å². The van der Waals surface area contributed by atoms with Gasteiger partial charge in [0.15, 0.2) is 0 Å². The highest BCUT2D eigenvalue weighted by Crippen LogP contribution is 2.17. The van der Waals surface area contributed by atoms with Crippen molar-refractivity contribution in [3.05, 3.63) is 40.1 Å². The molecule has 0 aliphatic rings. The van der Waals surface area contributed by atoms with Gasteiger partial charge in [-0.3, -0.25) is 0 Å². The van der Waals surface area contributed by atoms with Gasteiger partial charge in [-0.1, -0.05) is 13.3 Å². The maximum absolute atomic E-state index is 11.1. The maximum Gasteiger partial charge on any atom is 0.343 e. The van der Waals surface area contributed by atoms with Crippen LogP contribution in [0.5, 0.6) is 0 Å². The van der Waals surface area contributed by atoms with E-state index in [1.54, 1.807) is 29.0 Å². The number of unbranched alkanes of at least 4 members (excludes halogenated alkanes) is 2. The lowest BCUT2D eigenvalue weighted by molar-refractivity contribution is -0.392. The van der Waals surface area contributed by atoms with E-state index in [1.807, 2.05) is 0 Å². The highest BCUT2D eigenvalue weighted by atomic mass is 16.6. The summed E-state index contributed by atoms with van der Waals surface area (Å²) in [7, 11) is 0. The molecule has 0 bridgehead atoms. The monoisotopic (exact) mass is 302 g/mol. The summed E-state index contributed by atoms with van der Waals surface area (Å²) in [6.07, 6.45) is 9.17. The van der Waals surface area contributed by atoms with E-state index in [-0.39, 0.29) is 11.8 Å². The van der Waals surface area contributed by atoms with Crippen LogP contribution in [0.2, 0.25) is 0 Å². The molecule has 0 unspecified atom stereocenters. The Morgan fingerprint density at radius 2 is 2.18 bits per heavy atom. The van der Waals surface area contributed by atoms with Gasteiger partial charge in [0.05, 0.1) is 12.2 Å². The third kappa shape index (κ3) is 3.87. The van der Waals surface area contributed by atoms with Gasteiger partial charge in [-0.15, -0.1) is 0 Å². The summed E-state index contributed by atoms with van der Waals surface area (Å²) in [5, 5.41) is 11.1. The lowest BCUT2D eigenvalue weighted by atomic mass is 10.2. The Kier molecular flexibility index (Phi) is 5.18. The van der Waals surface area contributed by atoms with Crippen molar-refractivity contribution in [3.8, 4) is 0 Å². The second kappa shape index (κ2) is 7.30. The summed E-state index contributed by atoms with van der Waals surface area (Å²) in [6.45, 7) is 2.65. The van der Waals surface area contributed by atoms with Crippen molar-refractivity contribution in [2.75, 3.05) is 5.73 Å². The minimum absolute atomic E-state index is 0.00189. The molecule has 0 aromatic carbocycles. The summed E-state index contributed by atoms with van der Waals surface area (Å²) in [5.41, 5.74) is 6.14. The van der Waals surface area contributed by atoms with Gasteiger partial charge in [0, 0.05) is 12.3 Å². The zero-order chi connectivity index (χ0) is 15.9.